The van der Waals surface area contributed by atoms with Gasteiger partial charge in [-0.05, 0) is 64.0 Å². The first-order chi connectivity index (χ1) is 9.00. The van der Waals surface area contributed by atoms with Crippen molar-refractivity contribution in [2.75, 3.05) is 25.4 Å². The maximum Gasteiger partial charge on any atom is 0.214 e. The van der Waals surface area contributed by atoms with Crippen molar-refractivity contribution in [2.45, 2.75) is 52.0 Å². The average Bonchev–Trinajstić information content (AvgIpc) is 2.41. The van der Waals surface area contributed by atoms with Crippen LogP contribution < -0.4 is 5.32 Å². The third-order valence-corrected chi connectivity index (χ3v) is 6.90. The SMILES string of the molecule is CC1CCCN(S(=O)(=O)CCC2CCNCC2)C1C. The van der Waals surface area contributed by atoms with Crippen LogP contribution in [0.25, 0.3) is 0 Å². The first-order valence-electron chi connectivity index (χ1n) is 7.71. The largest absolute Gasteiger partial charge is 0.317 e. The molecule has 19 heavy (non-hydrogen) atoms. The van der Waals surface area contributed by atoms with Gasteiger partial charge in [-0.3, -0.25) is 0 Å². The Hall–Kier alpha value is -0.130. The molecule has 5 heteroatoms. The van der Waals surface area contributed by atoms with Crippen LogP contribution in [0, 0.1) is 11.8 Å². The number of sulfonamides is 1. The lowest BCUT2D eigenvalue weighted by Gasteiger charge is -2.37. The van der Waals surface area contributed by atoms with E-state index in [9.17, 15) is 8.42 Å². The number of nitrogens with one attached hydrogen (secondary N) is 1. The molecule has 0 aliphatic carbocycles. The molecule has 2 unspecified atom stereocenters. The summed E-state index contributed by atoms with van der Waals surface area (Å²) < 4.78 is 26.8. The molecule has 2 rings (SSSR count). The number of hydrogen-bond acceptors (Lipinski definition) is 3. The van der Waals surface area contributed by atoms with E-state index in [1.165, 1.54) is 0 Å². The third kappa shape index (κ3) is 3.92. The second kappa shape index (κ2) is 6.55. The summed E-state index contributed by atoms with van der Waals surface area (Å²) in [6.45, 7) is 7.04. The Bertz CT molecular complexity index is 377. The van der Waals surface area contributed by atoms with Crippen molar-refractivity contribution in [1.82, 2.24) is 9.62 Å². The van der Waals surface area contributed by atoms with Crippen molar-refractivity contribution in [3.05, 3.63) is 0 Å². The van der Waals surface area contributed by atoms with E-state index in [0.717, 1.165) is 51.7 Å². The molecule has 0 spiro atoms. The number of rotatable bonds is 4. The lowest BCUT2D eigenvalue weighted by molar-refractivity contribution is 0.201. The quantitative estimate of drug-likeness (QED) is 0.858. The van der Waals surface area contributed by atoms with E-state index in [1.54, 1.807) is 4.31 Å². The monoisotopic (exact) mass is 288 g/mol. The van der Waals surface area contributed by atoms with Gasteiger partial charge in [0.2, 0.25) is 10.0 Å². The molecule has 0 radical (unpaired) electrons. The van der Waals surface area contributed by atoms with Crippen LogP contribution in [-0.2, 0) is 10.0 Å². The van der Waals surface area contributed by atoms with Crippen molar-refractivity contribution in [2.24, 2.45) is 11.8 Å². The van der Waals surface area contributed by atoms with Gasteiger partial charge in [0.1, 0.15) is 0 Å². The summed E-state index contributed by atoms with van der Waals surface area (Å²) in [6, 6.07) is 0.173. The molecule has 0 aromatic rings. The van der Waals surface area contributed by atoms with Crippen LogP contribution in [0.2, 0.25) is 0 Å². The van der Waals surface area contributed by atoms with E-state index >= 15 is 0 Å². The van der Waals surface area contributed by atoms with Crippen molar-refractivity contribution in [1.29, 1.82) is 0 Å². The second-order valence-electron chi connectivity index (χ2n) is 6.27. The topological polar surface area (TPSA) is 49.4 Å². The van der Waals surface area contributed by atoms with Crippen LogP contribution in [0.1, 0.15) is 46.0 Å². The molecule has 2 atom stereocenters. The lowest BCUT2D eigenvalue weighted by atomic mass is 9.94. The fourth-order valence-electron chi connectivity index (χ4n) is 3.29. The Labute approximate surface area is 118 Å². The predicted octanol–water partition coefficient (Wildman–Crippen LogP) is 1.83. The molecule has 2 fully saturated rings. The van der Waals surface area contributed by atoms with Gasteiger partial charge in [-0.25, -0.2) is 8.42 Å². The van der Waals surface area contributed by atoms with Gasteiger partial charge in [0.25, 0.3) is 0 Å². The highest BCUT2D eigenvalue weighted by molar-refractivity contribution is 7.89. The van der Waals surface area contributed by atoms with Gasteiger partial charge in [0.15, 0.2) is 0 Å². The summed E-state index contributed by atoms with van der Waals surface area (Å²) in [5, 5.41) is 3.33. The summed E-state index contributed by atoms with van der Waals surface area (Å²) >= 11 is 0. The minimum Gasteiger partial charge on any atom is -0.317 e. The summed E-state index contributed by atoms with van der Waals surface area (Å²) in [6.07, 6.45) is 5.25. The zero-order valence-electron chi connectivity index (χ0n) is 12.3. The Balaban J connectivity index is 1.89. The first-order valence-corrected chi connectivity index (χ1v) is 9.32. The maximum absolute atomic E-state index is 12.5. The minimum absolute atomic E-state index is 0.173. The van der Waals surface area contributed by atoms with Crippen molar-refractivity contribution in [3.63, 3.8) is 0 Å². The normalized spacial score (nSPS) is 31.5. The number of hydrogen-bond donors (Lipinski definition) is 1. The van der Waals surface area contributed by atoms with Crippen LogP contribution in [-0.4, -0.2) is 44.2 Å². The highest BCUT2D eigenvalue weighted by Gasteiger charge is 2.33. The van der Waals surface area contributed by atoms with E-state index in [2.05, 4.69) is 19.2 Å². The molecule has 112 valence electrons. The lowest BCUT2D eigenvalue weighted by Crippen LogP contribution is -2.47. The van der Waals surface area contributed by atoms with Gasteiger partial charge in [-0.1, -0.05) is 6.92 Å². The van der Waals surface area contributed by atoms with Gasteiger partial charge in [0, 0.05) is 12.6 Å². The fourth-order valence-corrected chi connectivity index (χ4v) is 5.28. The molecule has 0 bridgehead atoms. The molecule has 2 aliphatic rings. The molecular formula is C14H28N2O2S. The van der Waals surface area contributed by atoms with Gasteiger partial charge >= 0.3 is 0 Å². The molecule has 0 saturated carbocycles. The third-order valence-electron chi connectivity index (χ3n) is 4.92. The molecule has 2 heterocycles. The Morgan fingerprint density at radius 1 is 1.16 bits per heavy atom. The van der Waals surface area contributed by atoms with Crippen molar-refractivity contribution >= 4 is 10.0 Å². The highest BCUT2D eigenvalue weighted by atomic mass is 32.2. The summed E-state index contributed by atoms with van der Waals surface area (Å²) in [7, 11) is -3.05. The Morgan fingerprint density at radius 2 is 1.84 bits per heavy atom. The number of piperidine rings is 2. The van der Waals surface area contributed by atoms with E-state index < -0.39 is 10.0 Å². The van der Waals surface area contributed by atoms with Crippen LogP contribution in [0.15, 0.2) is 0 Å². The standard InChI is InChI=1S/C14H28N2O2S/c1-12-4-3-10-16(13(12)2)19(17,18)11-7-14-5-8-15-9-6-14/h12-15H,3-11H2,1-2H3. The van der Waals surface area contributed by atoms with Crippen LogP contribution in [0.5, 0.6) is 0 Å². The molecule has 2 saturated heterocycles. The van der Waals surface area contributed by atoms with E-state index in [4.69, 9.17) is 0 Å². The molecule has 0 aromatic carbocycles. The average molecular weight is 288 g/mol. The molecule has 1 N–H and O–H groups in total. The first kappa shape index (κ1) is 15.3. The number of nitrogens with zero attached hydrogens (tertiary/aromatic N) is 1. The van der Waals surface area contributed by atoms with Gasteiger partial charge in [0.05, 0.1) is 5.75 Å². The Kier molecular flexibility index (Phi) is 5.26. The maximum atomic E-state index is 12.5. The van der Waals surface area contributed by atoms with Crippen molar-refractivity contribution in [3.8, 4) is 0 Å². The smallest absolute Gasteiger partial charge is 0.214 e. The van der Waals surface area contributed by atoms with Gasteiger partial charge < -0.3 is 5.32 Å². The van der Waals surface area contributed by atoms with Crippen LogP contribution in [0.4, 0.5) is 0 Å². The fraction of sp³-hybridized carbons (Fsp3) is 1.00. The van der Waals surface area contributed by atoms with Crippen LogP contribution >= 0.6 is 0 Å². The molecule has 0 aromatic heterocycles. The minimum atomic E-state index is -3.05. The van der Waals surface area contributed by atoms with Gasteiger partial charge in [-0.2, -0.15) is 4.31 Å². The summed E-state index contributed by atoms with van der Waals surface area (Å²) in [5.41, 5.74) is 0. The van der Waals surface area contributed by atoms with Crippen LogP contribution in [0.3, 0.4) is 0 Å². The van der Waals surface area contributed by atoms with E-state index in [1.807, 2.05) is 0 Å². The highest BCUT2D eigenvalue weighted by Crippen LogP contribution is 2.27. The van der Waals surface area contributed by atoms with Gasteiger partial charge in [-0.15, -0.1) is 0 Å². The molecular weight excluding hydrogens is 260 g/mol. The zero-order valence-corrected chi connectivity index (χ0v) is 13.1. The molecule has 4 nitrogen and oxygen atoms in total. The predicted molar refractivity (Wildman–Crippen MR) is 78.6 cm³/mol. The summed E-state index contributed by atoms with van der Waals surface area (Å²) in [5.74, 6) is 1.42. The molecule has 0 amide bonds. The van der Waals surface area contributed by atoms with E-state index in [0.29, 0.717) is 17.6 Å². The summed E-state index contributed by atoms with van der Waals surface area (Å²) in [4.78, 5) is 0. The van der Waals surface area contributed by atoms with E-state index in [-0.39, 0.29) is 6.04 Å². The zero-order chi connectivity index (χ0) is 13.9. The second-order valence-corrected chi connectivity index (χ2v) is 8.31. The Morgan fingerprint density at radius 3 is 2.53 bits per heavy atom. The van der Waals surface area contributed by atoms with Crippen molar-refractivity contribution < 1.29 is 8.42 Å². The molecule has 2 aliphatic heterocycles.